The Kier molecular flexibility index (Phi) is 7.63. The van der Waals surface area contributed by atoms with E-state index in [1.807, 2.05) is 0 Å². The van der Waals surface area contributed by atoms with E-state index in [2.05, 4.69) is 0 Å². The molecule has 0 atom stereocenters. The minimum absolute atomic E-state index is 0.116. The third kappa shape index (κ3) is 7.74. The molecule has 0 aromatic heterocycles. The van der Waals surface area contributed by atoms with E-state index in [1.165, 1.54) is 6.92 Å². The summed E-state index contributed by atoms with van der Waals surface area (Å²) in [5.74, 6) is -0.0407. The van der Waals surface area contributed by atoms with Crippen molar-refractivity contribution in [1.82, 2.24) is 0 Å². The van der Waals surface area contributed by atoms with E-state index in [9.17, 15) is 4.79 Å². The molecule has 0 rings (SSSR count). The fourth-order valence-electron chi connectivity index (χ4n) is 1.17. The molecule has 0 aliphatic heterocycles. The first-order valence-electron chi connectivity index (χ1n) is 4.55. The lowest BCUT2D eigenvalue weighted by Crippen LogP contribution is -2.10. The second kappa shape index (κ2) is 8.01. The summed E-state index contributed by atoms with van der Waals surface area (Å²) in [5, 5.41) is 17.4. The fourth-order valence-corrected chi connectivity index (χ4v) is 1.17. The van der Waals surface area contributed by atoms with Crippen LogP contribution in [0, 0.1) is 5.92 Å². The van der Waals surface area contributed by atoms with Crippen LogP contribution < -0.4 is 0 Å². The highest BCUT2D eigenvalue weighted by molar-refractivity contribution is 5.65. The maximum atomic E-state index is 10.4. The van der Waals surface area contributed by atoms with E-state index >= 15 is 0 Å². The number of aliphatic hydroxyl groups excluding tert-OH is 2. The smallest absolute Gasteiger partial charge is 0.302 e. The number of hydrogen-bond donors (Lipinski definition) is 2. The van der Waals surface area contributed by atoms with E-state index in [-0.39, 0.29) is 25.1 Å². The van der Waals surface area contributed by atoms with Crippen LogP contribution in [0.25, 0.3) is 0 Å². The summed E-state index contributed by atoms with van der Waals surface area (Å²) in [7, 11) is 0. The molecule has 0 aliphatic carbocycles. The summed E-state index contributed by atoms with van der Waals surface area (Å²) in [5.41, 5.74) is 0. The molecule has 0 bridgehead atoms. The van der Waals surface area contributed by atoms with Crippen LogP contribution in [0.4, 0.5) is 0 Å². The topological polar surface area (TPSA) is 66.8 Å². The van der Waals surface area contributed by atoms with Crippen LogP contribution in [0.5, 0.6) is 0 Å². The average Bonchev–Trinajstić information content (AvgIpc) is 2.04. The molecule has 0 aliphatic rings. The predicted molar refractivity (Wildman–Crippen MR) is 48.1 cm³/mol. The summed E-state index contributed by atoms with van der Waals surface area (Å²) >= 11 is 0. The van der Waals surface area contributed by atoms with Gasteiger partial charge in [0.25, 0.3) is 0 Å². The number of ether oxygens (including phenoxy) is 1. The first-order chi connectivity index (χ1) is 6.20. The SMILES string of the molecule is CC(=O)OCCC(CCO)CCO. The quantitative estimate of drug-likeness (QED) is 0.567. The molecule has 0 amide bonds. The van der Waals surface area contributed by atoms with Gasteiger partial charge in [-0.2, -0.15) is 0 Å². The molecule has 13 heavy (non-hydrogen) atoms. The van der Waals surface area contributed by atoms with E-state index in [4.69, 9.17) is 14.9 Å². The number of esters is 1. The van der Waals surface area contributed by atoms with E-state index < -0.39 is 0 Å². The maximum absolute atomic E-state index is 10.4. The molecule has 0 radical (unpaired) electrons. The van der Waals surface area contributed by atoms with E-state index in [1.54, 1.807) is 0 Å². The number of carbonyl (C=O) groups is 1. The van der Waals surface area contributed by atoms with Gasteiger partial charge in [-0.1, -0.05) is 0 Å². The zero-order chi connectivity index (χ0) is 10.1. The Hall–Kier alpha value is -0.610. The van der Waals surface area contributed by atoms with Crippen LogP contribution in [0.1, 0.15) is 26.2 Å². The lowest BCUT2D eigenvalue weighted by atomic mass is 9.99. The van der Waals surface area contributed by atoms with Crippen LogP contribution in [0.15, 0.2) is 0 Å². The molecule has 0 spiro atoms. The van der Waals surface area contributed by atoms with Crippen molar-refractivity contribution < 1.29 is 19.7 Å². The Morgan fingerprint density at radius 2 is 1.77 bits per heavy atom. The summed E-state index contributed by atoms with van der Waals surface area (Å²) < 4.78 is 4.76. The highest BCUT2D eigenvalue weighted by atomic mass is 16.5. The largest absolute Gasteiger partial charge is 0.466 e. The molecule has 0 saturated carbocycles. The van der Waals surface area contributed by atoms with Crippen molar-refractivity contribution in [3.8, 4) is 0 Å². The standard InChI is InChI=1S/C9H18O4/c1-8(12)13-7-4-9(2-5-10)3-6-11/h9-11H,2-7H2,1H3. The van der Waals surface area contributed by atoms with Gasteiger partial charge in [0.05, 0.1) is 6.61 Å². The lowest BCUT2D eigenvalue weighted by molar-refractivity contribution is -0.141. The lowest BCUT2D eigenvalue weighted by Gasteiger charge is -2.13. The Labute approximate surface area is 78.5 Å². The first-order valence-corrected chi connectivity index (χ1v) is 4.55. The van der Waals surface area contributed by atoms with Crippen LogP contribution >= 0.6 is 0 Å². The van der Waals surface area contributed by atoms with Crippen molar-refractivity contribution in [1.29, 1.82) is 0 Å². The van der Waals surface area contributed by atoms with Gasteiger partial charge in [-0.25, -0.2) is 0 Å². The van der Waals surface area contributed by atoms with Gasteiger partial charge in [-0.3, -0.25) is 4.79 Å². The number of aliphatic hydroxyl groups is 2. The first kappa shape index (κ1) is 12.4. The van der Waals surface area contributed by atoms with Gasteiger partial charge in [-0.15, -0.1) is 0 Å². The van der Waals surface area contributed by atoms with Crippen LogP contribution in [-0.2, 0) is 9.53 Å². The molecular formula is C9H18O4. The second-order valence-electron chi connectivity index (χ2n) is 3.02. The third-order valence-corrected chi connectivity index (χ3v) is 1.91. The zero-order valence-corrected chi connectivity index (χ0v) is 8.03. The van der Waals surface area contributed by atoms with Crippen molar-refractivity contribution in [2.75, 3.05) is 19.8 Å². The summed E-state index contributed by atoms with van der Waals surface area (Å²) in [6.45, 7) is 1.97. The number of hydrogen-bond acceptors (Lipinski definition) is 4. The Balaban J connectivity index is 3.49. The van der Waals surface area contributed by atoms with Crippen molar-refractivity contribution in [3.05, 3.63) is 0 Å². The third-order valence-electron chi connectivity index (χ3n) is 1.91. The Morgan fingerprint density at radius 1 is 1.23 bits per heavy atom. The van der Waals surface area contributed by atoms with Crippen molar-refractivity contribution in [2.45, 2.75) is 26.2 Å². The van der Waals surface area contributed by atoms with Gasteiger partial charge in [0, 0.05) is 20.1 Å². The minimum atomic E-state index is -0.285. The van der Waals surface area contributed by atoms with Gasteiger partial charge >= 0.3 is 5.97 Å². The van der Waals surface area contributed by atoms with Crippen LogP contribution in [0.2, 0.25) is 0 Å². The monoisotopic (exact) mass is 190 g/mol. The van der Waals surface area contributed by atoms with Crippen molar-refractivity contribution in [3.63, 3.8) is 0 Å². The molecule has 4 heteroatoms. The molecule has 0 aromatic carbocycles. The molecule has 78 valence electrons. The number of carbonyl (C=O) groups excluding carboxylic acids is 1. The Bertz CT molecular complexity index is 130. The fraction of sp³-hybridized carbons (Fsp3) is 0.889. The molecule has 0 aromatic rings. The normalized spacial score (nSPS) is 10.5. The van der Waals surface area contributed by atoms with Crippen molar-refractivity contribution in [2.24, 2.45) is 5.92 Å². The van der Waals surface area contributed by atoms with Crippen molar-refractivity contribution >= 4 is 5.97 Å². The predicted octanol–water partition coefficient (Wildman–Crippen LogP) is 0.321. The van der Waals surface area contributed by atoms with Gasteiger partial charge < -0.3 is 14.9 Å². The molecule has 0 heterocycles. The van der Waals surface area contributed by atoms with Gasteiger partial charge in [0.1, 0.15) is 0 Å². The maximum Gasteiger partial charge on any atom is 0.302 e. The highest BCUT2D eigenvalue weighted by Crippen LogP contribution is 2.12. The summed E-state index contributed by atoms with van der Waals surface area (Å²) in [6.07, 6.45) is 2.02. The summed E-state index contributed by atoms with van der Waals surface area (Å²) in [6, 6.07) is 0. The van der Waals surface area contributed by atoms with Gasteiger partial charge in [-0.05, 0) is 25.2 Å². The van der Waals surface area contributed by atoms with Crippen LogP contribution in [0.3, 0.4) is 0 Å². The summed E-state index contributed by atoms with van der Waals surface area (Å²) in [4.78, 5) is 10.4. The zero-order valence-electron chi connectivity index (χ0n) is 8.03. The molecule has 0 saturated heterocycles. The minimum Gasteiger partial charge on any atom is -0.466 e. The van der Waals surface area contributed by atoms with Crippen LogP contribution in [-0.4, -0.2) is 36.0 Å². The molecule has 4 nitrogen and oxygen atoms in total. The second-order valence-corrected chi connectivity index (χ2v) is 3.02. The Morgan fingerprint density at radius 3 is 2.15 bits per heavy atom. The number of rotatable bonds is 7. The van der Waals surface area contributed by atoms with E-state index in [0.717, 1.165) is 0 Å². The molecule has 0 unspecified atom stereocenters. The van der Waals surface area contributed by atoms with Gasteiger partial charge in [0.2, 0.25) is 0 Å². The highest BCUT2D eigenvalue weighted by Gasteiger charge is 2.07. The van der Waals surface area contributed by atoms with Gasteiger partial charge in [0.15, 0.2) is 0 Å². The average molecular weight is 190 g/mol. The molecule has 0 fully saturated rings. The van der Waals surface area contributed by atoms with E-state index in [0.29, 0.717) is 25.9 Å². The molecular weight excluding hydrogens is 172 g/mol. The molecule has 2 N–H and O–H groups in total.